The number of hydrogen-bond acceptors (Lipinski definition) is 12. The number of carbonyl (C=O) groups excluding carboxylic acids is 1. The highest BCUT2D eigenvalue weighted by molar-refractivity contribution is 7.98. The van der Waals surface area contributed by atoms with Gasteiger partial charge in [0.25, 0.3) is 0 Å². The Labute approximate surface area is 412 Å². The summed E-state index contributed by atoms with van der Waals surface area (Å²) >= 11 is 1.68. The number of amides is 1. The molecule has 1 saturated carbocycles. The van der Waals surface area contributed by atoms with Crippen molar-refractivity contribution < 1.29 is 48.6 Å². The van der Waals surface area contributed by atoms with Crippen LogP contribution >= 0.6 is 11.8 Å². The first kappa shape index (κ1) is 55.3. The summed E-state index contributed by atoms with van der Waals surface area (Å²) < 4.78 is 33.1. The zero-order chi connectivity index (χ0) is 48.8. The summed E-state index contributed by atoms with van der Waals surface area (Å²) in [6.07, 6.45) is 22.1. The molecule has 3 aliphatic rings. The molecule has 1 amide bonds. The van der Waals surface area contributed by atoms with Gasteiger partial charge in [-0.1, -0.05) is 94.9 Å². The van der Waals surface area contributed by atoms with Crippen LogP contribution in [0.1, 0.15) is 148 Å². The summed E-state index contributed by atoms with van der Waals surface area (Å²) in [5.74, 6) is -0.0161. The lowest BCUT2D eigenvalue weighted by Gasteiger charge is -2.60. The lowest BCUT2D eigenvalue weighted by Crippen LogP contribution is -2.70. The van der Waals surface area contributed by atoms with Gasteiger partial charge in [-0.3, -0.25) is 4.90 Å². The first-order valence-corrected chi connectivity index (χ1v) is 27.0. The number of oxime groups is 1. The van der Waals surface area contributed by atoms with Crippen LogP contribution in [0.4, 0.5) is 4.79 Å². The molecule has 13 heteroatoms. The van der Waals surface area contributed by atoms with Gasteiger partial charge in [-0.05, 0) is 119 Å². The van der Waals surface area contributed by atoms with E-state index in [0.29, 0.717) is 30.1 Å². The van der Waals surface area contributed by atoms with Crippen LogP contribution in [-0.2, 0) is 19.0 Å². The minimum atomic E-state index is -1.45. The van der Waals surface area contributed by atoms with Gasteiger partial charge in [0.15, 0.2) is 0 Å². The molecule has 2 aromatic carbocycles. The van der Waals surface area contributed by atoms with Crippen LogP contribution in [0.2, 0.25) is 0 Å². The summed E-state index contributed by atoms with van der Waals surface area (Å²) in [6, 6.07) is 13.3. The molecule has 12 nitrogen and oxygen atoms in total. The molecule has 6 atom stereocenters. The summed E-state index contributed by atoms with van der Waals surface area (Å²) in [4.78, 5) is 23.9. The number of hydrogen-bond donors (Lipinski definition) is 3. The number of fused-ring (bicyclic) bond motifs is 2. The summed E-state index contributed by atoms with van der Waals surface area (Å²) in [6.45, 7) is 13.1. The average Bonchev–Trinajstić information content (AvgIpc) is 3.33. The Morgan fingerprint density at radius 1 is 0.868 bits per heavy atom. The molecule has 0 radical (unpaired) electrons. The van der Waals surface area contributed by atoms with E-state index in [0.717, 1.165) is 66.7 Å². The summed E-state index contributed by atoms with van der Waals surface area (Å²) in [5.41, 5.74) is 2.01. The zero-order valence-corrected chi connectivity index (χ0v) is 42.8. The molecule has 380 valence electrons. The van der Waals surface area contributed by atoms with Crippen molar-refractivity contribution in [1.29, 1.82) is 0 Å². The lowest BCUT2D eigenvalue weighted by atomic mass is 9.55. The summed E-state index contributed by atoms with van der Waals surface area (Å²) in [5, 5.41) is 34.6. The quantitative estimate of drug-likeness (QED) is 0.0278. The van der Waals surface area contributed by atoms with E-state index in [-0.39, 0.29) is 77.0 Å². The van der Waals surface area contributed by atoms with Crippen molar-refractivity contribution in [3.8, 4) is 17.2 Å². The number of aliphatic hydroxyl groups excluding tert-OH is 3. The summed E-state index contributed by atoms with van der Waals surface area (Å²) in [7, 11) is 0. The number of rotatable bonds is 32. The third-order valence-corrected chi connectivity index (χ3v) is 14.2. The molecule has 3 N–H and O–H groups in total. The van der Waals surface area contributed by atoms with Crippen molar-refractivity contribution in [2.24, 2.45) is 22.9 Å². The first-order chi connectivity index (χ1) is 33.0. The number of allylic oxidation sites excluding steroid dienone is 1. The Morgan fingerprint density at radius 3 is 2.19 bits per heavy atom. The molecule has 68 heavy (non-hydrogen) atoms. The second-order valence-electron chi connectivity index (χ2n) is 19.6. The Morgan fingerprint density at radius 2 is 1.54 bits per heavy atom. The minimum absolute atomic E-state index is 0.0487. The second kappa shape index (κ2) is 28.9. The maximum Gasteiger partial charge on any atom is 0.410 e. The van der Waals surface area contributed by atoms with Crippen LogP contribution in [0, 0.1) is 17.8 Å². The van der Waals surface area contributed by atoms with E-state index in [1.54, 1.807) is 22.7 Å². The second-order valence-corrected chi connectivity index (χ2v) is 20.5. The van der Waals surface area contributed by atoms with E-state index in [1.807, 2.05) is 63.4 Å². The SMILES string of the molecule is C=CCO[C@@]12Oc3ccc(Oc4ccc(SC)cc4)cc3[C@H]3[C@H](CCCCO)[C@@H](CCCCO)C=C(C(=NOC(C)(C)C)C[C@@H]1N(CCOCCO)C(=O)OCCCCCCCCCCCC)[C@H]32. The molecule has 0 spiro atoms. The van der Waals surface area contributed by atoms with Gasteiger partial charge < -0.3 is 43.8 Å². The van der Waals surface area contributed by atoms with Gasteiger partial charge in [0.1, 0.15) is 28.9 Å². The number of unbranched alkanes of at least 4 members (excludes halogenated alkanes) is 11. The van der Waals surface area contributed by atoms with E-state index in [1.165, 1.54) is 44.9 Å². The molecular formula is C55H84N2O10S. The van der Waals surface area contributed by atoms with E-state index < -0.39 is 29.4 Å². The number of benzene rings is 2. The Bertz CT molecular complexity index is 1870. The van der Waals surface area contributed by atoms with Crippen LogP contribution in [0.25, 0.3) is 0 Å². The first-order valence-electron chi connectivity index (χ1n) is 25.7. The van der Waals surface area contributed by atoms with Gasteiger partial charge in [-0.15, -0.1) is 18.3 Å². The van der Waals surface area contributed by atoms with Crippen molar-refractivity contribution in [3.63, 3.8) is 0 Å². The molecule has 5 rings (SSSR count). The molecule has 0 aromatic heterocycles. The lowest BCUT2D eigenvalue weighted by molar-refractivity contribution is -0.256. The van der Waals surface area contributed by atoms with E-state index in [2.05, 4.69) is 25.6 Å². The average molecular weight is 965 g/mol. The molecule has 2 aromatic rings. The fourth-order valence-corrected chi connectivity index (χ4v) is 10.6. The maximum absolute atomic E-state index is 14.8. The van der Waals surface area contributed by atoms with Crippen molar-refractivity contribution in [1.82, 2.24) is 4.90 Å². The largest absolute Gasteiger partial charge is 0.459 e. The predicted molar refractivity (Wildman–Crippen MR) is 272 cm³/mol. The Hall–Kier alpha value is -3.59. The number of thioether (sulfide) groups is 1. The molecule has 1 heterocycles. The smallest absolute Gasteiger partial charge is 0.410 e. The van der Waals surface area contributed by atoms with Crippen molar-refractivity contribution >= 4 is 23.6 Å². The van der Waals surface area contributed by atoms with Crippen LogP contribution in [0.15, 0.2) is 76.8 Å². The highest BCUT2D eigenvalue weighted by Gasteiger charge is 2.65. The topological polar surface area (TPSA) is 149 Å². The maximum atomic E-state index is 14.8. The minimum Gasteiger partial charge on any atom is -0.459 e. The molecule has 1 fully saturated rings. The Balaban J connectivity index is 1.62. The van der Waals surface area contributed by atoms with E-state index >= 15 is 0 Å². The normalized spacial score (nSPS) is 22.4. The van der Waals surface area contributed by atoms with Gasteiger partial charge in [-0.2, -0.15) is 0 Å². The van der Waals surface area contributed by atoms with Crippen molar-refractivity contribution in [2.75, 3.05) is 59.0 Å². The third-order valence-electron chi connectivity index (χ3n) is 13.4. The molecule has 2 aliphatic carbocycles. The van der Waals surface area contributed by atoms with E-state index in [4.69, 9.17) is 33.7 Å². The van der Waals surface area contributed by atoms with Crippen LogP contribution in [0.3, 0.4) is 0 Å². The van der Waals surface area contributed by atoms with Gasteiger partial charge in [-0.25, -0.2) is 4.79 Å². The van der Waals surface area contributed by atoms with Crippen molar-refractivity contribution in [3.05, 3.63) is 72.3 Å². The number of carbonyl (C=O) groups is 1. The highest BCUT2D eigenvalue weighted by atomic mass is 32.2. The van der Waals surface area contributed by atoms with Crippen LogP contribution in [0.5, 0.6) is 17.2 Å². The number of ether oxygens (including phenoxy) is 5. The van der Waals surface area contributed by atoms with E-state index in [9.17, 15) is 20.1 Å². The molecule has 1 aliphatic heterocycles. The van der Waals surface area contributed by atoms with Gasteiger partial charge in [0.2, 0.25) is 5.79 Å². The van der Waals surface area contributed by atoms with Crippen molar-refractivity contribution in [2.45, 2.75) is 165 Å². The van der Waals surface area contributed by atoms with Gasteiger partial charge in [0.05, 0.1) is 44.7 Å². The Kier molecular flexibility index (Phi) is 23.5. The molecular weight excluding hydrogens is 881 g/mol. The van der Waals surface area contributed by atoms with Gasteiger partial charge in [0, 0.05) is 42.6 Å². The number of nitrogens with zero attached hydrogens (tertiary/aromatic N) is 2. The fraction of sp³-hybridized carbons (Fsp3) is 0.673. The monoisotopic (exact) mass is 965 g/mol. The highest BCUT2D eigenvalue weighted by Crippen LogP contribution is 2.62. The standard InChI is InChI=1S/C55H84N2O10S/c1-7-9-10-11-12-13-14-15-16-21-35-63-53(61)57(30-36-62-37-33-60)50-40-48(56-67-54(3,4)5)46-38-41(22-17-19-31-58)45(23-18-20-32-59)51-47-39-43(65-42-24-27-44(68-6)28-25-42)26-29-49(47)66-55(50,52(46)51)64-34-8-2/h8,24-29,38-39,41,45,50-52,58-60H,2,7,9-23,30-37,40H2,1,3-6H3/t41-,45+,50-,51+,52+,55+/m0/s1. The third kappa shape index (κ3) is 15.7. The molecule has 0 bridgehead atoms. The molecule has 0 saturated heterocycles. The fourth-order valence-electron chi connectivity index (χ4n) is 10.2. The number of aliphatic hydroxyl groups is 3. The molecule has 0 unspecified atom stereocenters. The van der Waals surface area contributed by atoms with Crippen LogP contribution in [-0.4, -0.2) is 109 Å². The predicted octanol–water partition coefficient (Wildman–Crippen LogP) is 12.0. The van der Waals surface area contributed by atoms with Crippen LogP contribution < -0.4 is 9.47 Å². The zero-order valence-electron chi connectivity index (χ0n) is 42.0. The van der Waals surface area contributed by atoms with Gasteiger partial charge >= 0.3 is 6.09 Å².